The Balaban J connectivity index is 1.54. The molecule has 2 heterocycles. The molecular formula is C20H31N3O. The number of furan rings is 1. The third-order valence-corrected chi connectivity index (χ3v) is 5.39. The van der Waals surface area contributed by atoms with Crippen LogP contribution in [0.5, 0.6) is 0 Å². The Morgan fingerprint density at radius 1 is 1.08 bits per heavy atom. The maximum atomic E-state index is 6.08. The number of para-hydroxylation sites is 1. The summed E-state index contributed by atoms with van der Waals surface area (Å²) in [4.78, 5) is 7.33. The molecular weight excluding hydrogens is 298 g/mol. The zero-order valence-electron chi connectivity index (χ0n) is 15.6. The van der Waals surface area contributed by atoms with Crippen LogP contribution in [0.4, 0.5) is 0 Å². The number of likely N-dealkylation sites (tertiary alicyclic amines) is 1. The van der Waals surface area contributed by atoms with Crippen LogP contribution in [0.3, 0.4) is 0 Å². The molecule has 4 heteroatoms. The minimum atomic E-state index is 0.720. The fourth-order valence-corrected chi connectivity index (χ4v) is 3.64. The lowest BCUT2D eigenvalue weighted by Gasteiger charge is -2.36. The summed E-state index contributed by atoms with van der Waals surface area (Å²) in [6.45, 7) is 7.73. The van der Waals surface area contributed by atoms with E-state index in [-0.39, 0.29) is 0 Å². The third-order valence-electron chi connectivity index (χ3n) is 5.39. The van der Waals surface area contributed by atoms with Gasteiger partial charge in [0.05, 0.1) is 6.54 Å². The quantitative estimate of drug-likeness (QED) is 0.812. The topological polar surface area (TPSA) is 22.9 Å². The summed E-state index contributed by atoms with van der Waals surface area (Å²) in [6.07, 6.45) is 2.51. The highest BCUT2D eigenvalue weighted by atomic mass is 16.3. The van der Waals surface area contributed by atoms with Crippen molar-refractivity contribution in [3.05, 3.63) is 35.6 Å². The lowest BCUT2D eigenvalue weighted by atomic mass is 10.0. The number of benzene rings is 1. The Labute approximate surface area is 146 Å². The Morgan fingerprint density at radius 2 is 1.79 bits per heavy atom. The highest BCUT2D eigenvalue weighted by molar-refractivity contribution is 5.81. The van der Waals surface area contributed by atoms with E-state index in [1.807, 2.05) is 6.07 Å². The SMILES string of the molecule is Cc1c(CN2CCC(N(C)CCN(C)C)CC2)oc2ccccc12. The number of fused-ring (bicyclic) bond motifs is 1. The van der Waals surface area contributed by atoms with Gasteiger partial charge in [0, 0.05) is 37.6 Å². The van der Waals surface area contributed by atoms with Crippen LogP contribution in [0.2, 0.25) is 0 Å². The second-order valence-electron chi connectivity index (χ2n) is 7.44. The third kappa shape index (κ3) is 4.00. The van der Waals surface area contributed by atoms with Crippen LogP contribution < -0.4 is 0 Å². The normalized spacial score (nSPS) is 17.4. The molecule has 1 aliphatic heterocycles. The van der Waals surface area contributed by atoms with Crippen LogP contribution in [0.25, 0.3) is 11.0 Å². The first-order valence-electron chi connectivity index (χ1n) is 9.09. The van der Waals surface area contributed by atoms with Gasteiger partial charge >= 0.3 is 0 Å². The van der Waals surface area contributed by atoms with Gasteiger partial charge in [0.1, 0.15) is 11.3 Å². The summed E-state index contributed by atoms with van der Waals surface area (Å²) in [5, 5.41) is 1.26. The molecule has 0 amide bonds. The van der Waals surface area contributed by atoms with Gasteiger partial charge in [-0.15, -0.1) is 0 Å². The number of aryl methyl sites for hydroxylation is 1. The molecule has 0 N–H and O–H groups in total. The summed E-state index contributed by atoms with van der Waals surface area (Å²) < 4.78 is 6.08. The van der Waals surface area contributed by atoms with Crippen molar-refractivity contribution in [2.75, 3.05) is 47.3 Å². The molecule has 0 atom stereocenters. The summed E-state index contributed by atoms with van der Waals surface area (Å²) in [5.41, 5.74) is 2.32. The van der Waals surface area contributed by atoms with Crippen molar-refractivity contribution in [3.8, 4) is 0 Å². The van der Waals surface area contributed by atoms with Crippen molar-refractivity contribution >= 4 is 11.0 Å². The molecule has 0 saturated carbocycles. The zero-order valence-corrected chi connectivity index (χ0v) is 15.6. The van der Waals surface area contributed by atoms with Crippen molar-refractivity contribution < 1.29 is 4.42 Å². The van der Waals surface area contributed by atoms with E-state index in [0.29, 0.717) is 0 Å². The first-order chi connectivity index (χ1) is 11.5. The molecule has 0 spiro atoms. The molecule has 0 unspecified atom stereocenters. The highest BCUT2D eigenvalue weighted by Crippen LogP contribution is 2.27. The van der Waals surface area contributed by atoms with E-state index < -0.39 is 0 Å². The predicted molar refractivity (Wildman–Crippen MR) is 100 cm³/mol. The smallest absolute Gasteiger partial charge is 0.134 e. The number of rotatable bonds is 6. The Morgan fingerprint density at radius 3 is 2.46 bits per heavy atom. The van der Waals surface area contributed by atoms with Crippen molar-refractivity contribution in [2.24, 2.45) is 0 Å². The predicted octanol–water partition coefficient (Wildman–Crippen LogP) is 3.20. The first-order valence-corrected chi connectivity index (χ1v) is 9.09. The average Bonchev–Trinajstić information content (AvgIpc) is 2.90. The molecule has 24 heavy (non-hydrogen) atoms. The van der Waals surface area contributed by atoms with Crippen LogP contribution in [-0.2, 0) is 6.54 Å². The van der Waals surface area contributed by atoms with Crippen LogP contribution in [-0.4, -0.2) is 68.1 Å². The maximum Gasteiger partial charge on any atom is 0.134 e. The Hall–Kier alpha value is -1.36. The van der Waals surface area contributed by atoms with E-state index in [2.05, 4.69) is 61.0 Å². The summed E-state index contributed by atoms with van der Waals surface area (Å²) in [6, 6.07) is 9.08. The molecule has 132 valence electrons. The Bertz CT molecular complexity index is 656. The van der Waals surface area contributed by atoms with Crippen molar-refractivity contribution in [1.29, 1.82) is 0 Å². The van der Waals surface area contributed by atoms with Crippen LogP contribution in [0.15, 0.2) is 28.7 Å². The Kier molecular flexibility index (Phi) is 5.59. The van der Waals surface area contributed by atoms with Gasteiger partial charge in [0.15, 0.2) is 0 Å². The van der Waals surface area contributed by atoms with E-state index in [4.69, 9.17) is 4.42 Å². The minimum absolute atomic E-state index is 0.720. The standard InChI is InChI=1S/C20H31N3O/c1-16-18-7-5-6-8-19(18)24-20(16)15-23-11-9-17(10-12-23)22(4)14-13-21(2)3/h5-8,17H,9-15H2,1-4H3. The van der Waals surface area contributed by atoms with Gasteiger partial charge < -0.3 is 14.2 Å². The van der Waals surface area contributed by atoms with Crippen molar-refractivity contribution in [3.63, 3.8) is 0 Å². The van der Waals surface area contributed by atoms with Crippen LogP contribution >= 0.6 is 0 Å². The lowest BCUT2D eigenvalue weighted by molar-refractivity contribution is 0.114. The second kappa shape index (κ2) is 7.68. The minimum Gasteiger partial charge on any atom is -0.459 e. The molecule has 4 nitrogen and oxygen atoms in total. The monoisotopic (exact) mass is 329 g/mol. The summed E-state index contributed by atoms with van der Waals surface area (Å²) in [7, 11) is 6.56. The fraction of sp³-hybridized carbons (Fsp3) is 0.600. The van der Waals surface area contributed by atoms with Crippen LogP contribution in [0, 0.1) is 6.92 Å². The zero-order chi connectivity index (χ0) is 17.1. The molecule has 1 aliphatic rings. The van der Waals surface area contributed by atoms with Gasteiger partial charge in [-0.25, -0.2) is 0 Å². The van der Waals surface area contributed by atoms with Gasteiger partial charge in [-0.05, 0) is 52.5 Å². The number of likely N-dealkylation sites (N-methyl/N-ethyl adjacent to an activating group) is 2. The van der Waals surface area contributed by atoms with E-state index in [1.165, 1.54) is 23.8 Å². The number of hydrogen-bond donors (Lipinski definition) is 0. The molecule has 3 rings (SSSR count). The second-order valence-corrected chi connectivity index (χ2v) is 7.44. The number of piperidine rings is 1. The van der Waals surface area contributed by atoms with E-state index in [0.717, 1.165) is 50.1 Å². The largest absolute Gasteiger partial charge is 0.459 e. The van der Waals surface area contributed by atoms with E-state index >= 15 is 0 Å². The summed E-state index contributed by atoms with van der Waals surface area (Å²) in [5.74, 6) is 1.13. The van der Waals surface area contributed by atoms with Gasteiger partial charge in [-0.2, -0.15) is 0 Å². The van der Waals surface area contributed by atoms with Crippen molar-refractivity contribution in [2.45, 2.75) is 32.4 Å². The average molecular weight is 329 g/mol. The fourth-order valence-electron chi connectivity index (χ4n) is 3.64. The molecule has 1 fully saturated rings. The van der Waals surface area contributed by atoms with Crippen LogP contribution in [0.1, 0.15) is 24.2 Å². The van der Waals surface area contributed by atoms with E-state index in [9.17, 15) is 0 Å². The van der Waals surface area contributed by atoms with Gasteiger partial charge in [-0.3, -0.25) is 4.90 Å². The van der Waals surface area contributed by atoms with E-state index in [1.54, 1.807) is 0 Å². The lowest BCUT2D eigenvalue weighted by Crippen LogP contribution is -2.44. The summed E-state index contributed by atoms with van der Waals surface area (Å²) >= 11 is 0. The van der Waals surface area contributed by atoms with Crippen molar-refractivity contribution in [1.82, 2.24) is 14.7 Å². The molecule has 0 aliphatic carbocycles. The maximum absolute atomic E-state index is 6.08. The first kappa shape index (κ1) is 17.5. The van der Waals surface area contributed by atoms with Gasteiger partial charge in [0.2, 0.25) is 0 Å². The van der Waals surface area contributed by atoms with Gasteiger partial charge in [-0.1, -0.05) is 18.2 Å². The molecule has 2 aromatic rings. The molecule has 1 aromatic carbocycles. The number of nitrogens with zero attached hydrogens (tertiary/aromatic N) is 3. The molecule has 1 aromatic heterocycles. The van der Waals surface area contributed by atoms with Gasteiger partial charge in [0.25, 0.3) is 0 Å². The molecule has 0 radical (unpaired) electrons. The number of hydrogen-bond acceptors (Lipinski definition) is 4. The highest BCUT2D eigenvalue weighted by Gasteiger charge is 2.23. The molecule has 0 bridgehead atoms. The molecule has 1 saturated heterocycles.